The molecule has 4 N–H and O–H groups in total. The Hall–Kier alpha value is 0.300. The Morgan fingerprint density at radius 1 is 1.08 bits per heavy atom. The first-order valence-corrected chi connectivity index (χ1v) is 7.07. The van der Waals surface area contributed by atoms with Gasteiger partial charge in [-0.3, -0.25) is 9.13 Å². The van der Waals surface area contributed by atoms with Crippen molar-refractivity contribution in [3.8, 4) is 0 Å². The highest BCUT2D eigenvalue weighted by Gasteiger charge is 2.46. The molecule has 1 atom stereocenters. The van der Waals surface area contributed by atoms with Crippen LogP contribution in [0.2, 0.25) is 0 Å². The monoisotopic (exact) mass is 232 g/mol. The molecule has 80 valence electrons. The van der Waals surface area contributed by atoms with Crippen LogP contribution in [0, 0.1) is 5.92 Å². The highest BCUT2D eigenvalue weighted by molar-refractivity contribution is 7.70. The minimum atomic E-state index is -4.73. The van der Waals surface area contributed by atoms with Gasteiger partial charge in [-0.2, -0.15) is 0 Å². The second kappa shape index (κ2) is 4.22. The standard InChI is InChI=1S/C5H14O6P2/c1-3-4(2)5(12(6,7)8)13(9,10)11/h4-5H,3H2,1-2H3,(H2,6,7,8)(H2,9,10,11). The fourth-order valence-corrected chi connectivity index (χ4v) is 4.39. The second-order valence-corrected chi connectivity index (χ2v) is 6.85. The van der Waals surface area contributed by atoms with Gasteiger partial charge in [0.1, 0.15) is 0 Å². The van der Waals surface area contributed by atoms with E-state index >= 15 is 0 Å². The molecule has 0 saturated carbocycles. The molecule has 0 aliphatic heterocycles. The highest BCUT2D eigenvalue weighted by atomic mass is 31.2. The summed E-state index contributed by atoms with van der Waals surface area (Å²) in [5.74, 6) is -0.707. The van der Waals surface area contributed by atoms with Crippen LogP contribution in [-0.4, -0.2) is 25.0 Å². The van der Waals surface area contributed by atoms with E-state index in [0.717, 1.165) is 0 Å². The van der Waals surface area contributed by atoms with E-state index in [1.54, 1.807) is 6.92 Å². The van der Waals surface area contributed by atoms with E-state index in [1.165, 1.54) is 6.92 Å². The molecule has 0 aromatic rings. The molecule has 8 heteroatoms. The fraction of sp³-hybridized carbons (Fsp3) is 1.00. The Morgan fingerprint density at radius 3 is 1.46 bits per heavy atom. The zero-order chi connectivity index (χ0) is 10.9. The van der Waals surface area contributed by atoms with Crippen molar-refractivity contribution in [1.82, 2.24) is 0 Å². The largest absolute Gasteiger partial charge is 0.340 e. The summed E-state index contributed by atoms with van der Waals surface area (Å²) < 4.78 is 21.6. The van der Waals surface area contributed by atoms with Gasteiger partial charge < -0.3 is 19.6 Å². The normalized spacial score (nSPS) is 16.2. The first-order valence-electron chi connectivity index (χ1n) is 3.71. The Bertz CT molecular complexity index is 230. The molecule has 0 bridgehead atoms. The van der Waals surface area contributed by atoms with Crippen molar-refractivity contribution in [2.45, 2.75) is 25.7 Å². The molecular formula is C5H14O6P2. The maximum absolute atomic E-state index is 10.8. The average molecular weight is 232 g/mol. The van der Waals surface area contributed by atoms with Crippen molar-refractivity contribution in [3.63, 3.8) is 0 Å². The Morgan fingerprint density at radius 2 is 1.38 bits per heavy atom. The van der Waals surface area contributed by atoms with Gasteiger partial charge in [-0.05, 0) is 5.92 Å². The molecule has 0 radical (unpaired) electrons. The molecule has 1 unspecified atom stereocenters. The molecule has 0 aliphatic carbocycles. The van der Waals surface area contributed by atoms with Gasteiger partial charge in [0, 0.05) is 0 Å². The van der Waals surface area contributed by atoms with Gasteiger partial charge in [0.2, 0.25) is 0 Å². The topological polar surface area (TPSA) is 115 Å². The van der Waals surface area contributed by atoms with Crippen molar-refractivity contribution in [1.29, 1.82) is 0 Å². The summed E-state index contributed by atoms with van der Waals surface area (Å²) in [5, 5.41) is -1.87. The lowest BCUT2D eigenvalue weighted by Crippen LogP contribution is -2.18. The summed E-state index contributed by atoms with van der Waals surface area (Å²) in [5.41, 5.74) is 0. The molecule has 0 heterocycles. The van der Waals surface area contributed by atoms with Crippen molar-refractivity contribution in [2.24, 2.45) is 5.92 Å². The fourth-order valence-electron chi connectivity index (χ4n) is 1.07. The number of hydrogen-bond acceptors (Lipinski definition) is 2. The van der Waals surface area contributed by atoms with Gasteiger partial charge in [0.15, 0.2) is 5.40 Å². The Labute approximate surface area is 76.3 Å². The van der Waals surface area contributed by atoms with Crippen LogP contribution in [0.25, 0.3) is 0 Å². The third kappa shape index (κ3) is 3.90. The van der Waals surface area contributed by atoms with E-state index < -0.39 is 26.5 Å². The maximum Gasteiger partial charge on any atom is 0.340 e. The lowest BCUT2D eigenvalue weighted by atomic mass is 10.2. The molecule has 6 nitrogen and oxygen atoms in total. The van der Waals surface area contributed by atoms with Crippen LogP contribution in [0.15, 0.2) is 0 Å². The third-order valence-corrected chi connectivity index (χ3v) is 6.04. The molecule has 0 rings (SSSR count). The van der Waals surface area contributed by atoms with Crippen LogP contribution in [-0.2, 0) is 9.13 Å². The predicted octanol–water partition coefficient (Wildman–Crippen LogP) is 0.714. The first kappa shape index (κ1) is 13.3. The molecule has 0 saturated heterocycles. The molecule has 0 aromatic carbocycles. The van der Waals surface area contributed by atoms with Gasteiger partial charge in [0.05, 0.1) is 0 Å². The molecular weight excluding hydrogens is 218 g/mol. The third-order valence-electron chi connectivity index (χ3n) is 1.84. The van der Waals surface area contributed by atoms with Crippen LogP contribution in [0.5, 0.6) is 0 Å². The Balaban J connectivity index is 5.01. The average Bonchev–Trinajstić information content (AvgIpc) is 1.80. The molecule has 0 spiro atoms. The minimum Gasteiger partial charge on any atom is -0.324 e. The number of hydrogen-bond donors (Lipinski definition) is 4. The summed E-state index contributed by atoms with van der Waals surface area (Å²) in [6.45, 7) is 3.02. The van der Waals surface area contributed by atoms with Crippen molar-refractivity contribution in [3.05, 3.63) is 0 Å². The first-order chi connectivity index (χ1) is 5.60. The van der Waals surface area contributed by atoms with Crippen LogP contribution in [0.4, 0.5) is 0 Å². The Kier molecular flexibility index (Phi) is 4.31. The van der Waals surface area contributed by atoms with Crippen LogP contribution in [0.1, 0.15) is 20.3 Å². The smallest absolute Gasteiger partial charge is 0.324 e. The van der Waals surface area contributed by atoms with E-state index in [4.69, 9.17) is 19.6 Å². The predicted molar refractivity (Wildman–Crippen MR) is 47.3 cm³/mol. The summed E-state index contributed by atoms with van der Waals surface area (Å²) in [4.78, 5) is 34.9. The summed E-state index contributed by atoms with van der Waals surface area (Å²) in [7, 11) is -9.47. The van der Waals surface area contributed by atoms with E-state index in [-0.39, 0.29) is 0 Å². The zero-order valence-corrected chi connectivity index (χ0v) is 9.15. The van der Waals surface area contributed by atoms with Gasteiger partial charge >= 0.3 is 15.2 Å². The lowest BCUT2D eigenvalue weighted by Gasteiger charge is -2.24. The molecule has 0 aliphatic rings. The lowest BCUT2D eigenvalue weighted by molar-refractivity contribution is 0.318. The maximum atomic E-state index is 10.8. The van der Waals surface area contributed by atoms with Crippen molar-refractivity contribution >= 4 is 15.2 Å². The van der Waals surface area contributed by atoms with E-state index in [1.807, 2.05) is 0 Å². The molecule has 0 aromatic heterocycles. The number of rotatable bonds is 4. The van der Waals surface area contributed by atoms with Crippen LogP contribution >= 0.6 is 15.2 Å². The summed E-state index contributed by atoms with van der Waals surface area (Å²) in [6.07, 6.45) is 0.306. The van der Waals surface area contributed by atoms with E-state index in [9.17, 15) is 9.13 Å². The van der Waals surface area contributed by atoms with Crippen molar-refractivity contribution in [2.75, 3.05) is 0 Å². The van der Waals surface area contributed by atoms with Gasteiger partial charge in [-0.25, -0.2) is 0 Å². The summed E-state index contributed by atoms with van der Waals surface area (Å²) in [6, 6.07) is 0. The van der Waals surface area contributed by atoms with Gasteiger partial charge in [-0.1, -0.05) is 20.3 Å². The molecule has 0 amide bonds. The SMILES string of the molecule is CCC(C)C(P(=O)(O)O)P(=O)(O)O. The van der Waals surface area contributed by atoms with Crippen molar-refractivity contribution < 1.29 is 28.7 Å². The zero-order valence-electron chi connectivity index (χ0n) is 7.36. The van der Waals surface area contributed by atoms with Gasteiger partial charge in [0.25, 0.3) is 0 Å². The van der Waals surface area contributed by atoms with Crippen LogP contribution < -0.4 is 0 Å². The van der Waals surface area contributed by atoms with Crippen LogP contribution in [0.3, 0.4) is 0 Å². The summed E-state index contributed by atoms with van der Waals surface area (Å²) >= 11 is 0. The van der Waals surface area contributed by atoms with Gasteiger partial charge in [-0.15, -0.1) is 0 Å². The molecule has 13 heavy (non-hydrogen) atoms. The second-order valence-electron chi connectivity index (χ2n) is 2.98. The quantitative estimate of drug-likeness (QED) is 0.530. The van der Waals surface area contributed by atoms with E-state index in [2.05, 4.69) is 0 Å². The molecule has 0 fully saturated rings. The van der Waals surface area contributed by atoms with E-state index in [0.29, 0.717) is 6.42 Å². The highest BCUT2D eigenvalue weighted by Crippen LogP contribution is 2.63. The minimum absolute atomic E-state index is 0.306.